The van der Waals surface area contributed by atoms with Crippen LogP contribution < -0.4 is 5.32 Å². The molecule has 6 heteroatoms. The third-order valence-electron chi connectivity index (χ3n) is 3.40. The number of esters is 1. The van der Waals surface area contributed by atoms with Gasteiger partial charge in [-0.1, -0.05) is 12.5 Å². The van der Waals surface area contributed by atoms with E-state index < -0.39 is 10.9 Å². The van der Waals surface area contributed by atoms with Crippen LogP contribution in [-0.2, 0) is 4.74 Å². The molecule has 0 aromatic heterocycles. The van der Waals surface area contributed by atoms with Crippen LogP contribution >= 0.6 is 0 Å². The van der Waals surface area contributed by atoms with Gasteiger partial charge < -0.3 is 10.1 Å². The van der Waals surface area contributed by atoms with Crippen LogP contribution in [0.15, 0.2) is 24.3 Å². The zero-order valence-corrected chi connectivity index (χ0v) is 11.2. The minimum absolute atomic E-state index is 0.103. The number of nitrogens with one attached hydrogen (secondary N) is 1. The van der Waals surface area contributed by atoms with Gasteiger partial charge in [0.05, 0.1) is 17.1 Å². The van der Waals surface area contributed by atoms with Gasteiger partial charge in [-0.3, -0.25) is 10.1 Å². The monoisotopic (exact) mass is 278 g/mol. The van der Waals surface area contributed by atoms with Crippen LogP contribution in [0, 0.1) is 10.1 Å². The number of hydrogen-bond acceptors (Lipinski definition) is 5. The Hall–Kier alpha value is -1.95. The van der Waals surface area contributed by atoms with Crippen LogP contribution in [0.1, 0.15) is 36.0 Å². The van der Waals surface area contributed by atoms with Crippen molar-refractivity contribution < 1.29 is 14.5 Å². The number of piperidine rings is 1. The molecule has 0 unspecified atom stereocenters. The van der Waals surface area contributed by atoms with Crippen LogP contribution in [-0.4, -0.2) is 30.1 Å². The van der Waals surface area contributed by atoms with Gasteiger partial charge in [-0.05, 0) is 31.9 Å². The van der Waals surface area contributed by atoms with Gasteiger partial charge in [0.1, 0.15) is 0 Å². The normalized spacial score (nSPS) is 18.5. The highest BCUT2D eigenvalue weighted by Gasteiger charge is 2.15. The Balaban J connectivity index is 1.82. The van der Waals surface area contributed by atoms with E-state index in [4.69, 9.17) is 4.74 Å². The quantitative estimate of drug-likeness (QED) is 0.507. The number of carbonyl (C=O) groups excluding carboxylic acids is 1. The minimum Gasteiger partial charge on any atom is -0.462 e. The smallest absolute Gasteiger partial charge is 0.338 e. The van der Waals surface area contributed by atoms with E-state index in [0.717, 1.165) is 19.4 Å². The third kappa shape index (κ3) is 4.03. The number of ether oxygens (including phenoxy) is 1. The molecule has 0 bridgehead atoms. The zero-order valence-electron chi connectivity index (χ0n) is 11.2. The molecule has 6 nitrogen and oxygen atoms in total. The molecule has 0 radical (unpaired) electrons. The van der Waals surface area contributed by atoms with E-state index in [1.807, 2.05) is 0 Å². The van der Waals surface area contributed by atoms with Crippen molar-refractivity contribution in [1.29, 1.82) is 0 Å². The van der Waals surface area contributed by atoms with E-state index in [0.29, 0.717) is 12.6 Å². The molecule has 1 aromatic carbocycles. The Labute approximate surface area is 117 Å². The topological polar surface area (TPSA) is 81.5 Å². The summed E-state index contributed by atoms with van der Waals surface area (Å²) < 4.78 is 5.16. The molecule has 1 saturated heterocycles. The van der Waals surface area contributed by atoms with Crippen molar-refractivity contribution in [2.45, 2.75) is 31.7 Å². The molecule has 1 aliphatic heterocycles. The van der Waals surface area contributed by atoms with E-state index in [2.05, 4.69) is 5.32 Å². The Morgan fingerprint density at radius 1 is 1.45 bits per heavy atom. The number of nitro benzene ring substituents is 1. The predicted octanol–water partition coefficient (Wildman–Crippen LogP) is 2.28. The Morgan fingerprint density at radius 3 is 3.00 bits per heavy atom. The number of carbonyl (C=O) groups is 1. The van der Waals surface area contributed by atoms with Crippen molar-refractivity contribution in [1.82, 2.24) is 5.32 Å². The van der Waals surface area contributed by atoms with E-state index in [9.17, 15) is 14.9 Å². The van der Waals surface area contributed by atoms with Crippen molar-refractivity contribution in [3.8, 4) is 0 Å². The highest BCUT2D eigenvalue weighted by Crippen LogP contribution is 2.14. The first-order valence-corrected chi connectivity index (χ1v) is 6.82. The molecule has 108 valence electrons. The van der Waals surface area contributed by atoms with Gasteiger partial charge in [-0.15, -0.1) is 0 Å². The lowest BCUT2D eigenvalue weighted by Crippen LogP contribution is -2.35. The molecule has 2 rings (SSSR count). The molecular weight excluding hydrogens is 260 g/mol. The van der Waals surface area contributed by atoms with Gasteiger partial charge in [0, 0.05) is 18.2 Å². The van der Waals surface area contributed by atoms with Gasteiger partial charge in [0.2, 0.25) is 0 Å². The summed E-state index contributed by atoms with van der Waals surface area (Å²) in [6.45, 7) is 1.35. The summed E-state index contributed by atoms with van der Waals surface area (Å²) in [5, 5.41) is 14.0. The van der Waals surface area contributed by atoms with Crippen LogP contribution in [0.5, 0.6) is 0 Å². The average Bonchev–Trinajstić information content (AvgIpc) is 2.48. The first-order valence-electron chi connectivity index (χ1n) is 6.82. The number of hydrogen-bond donors (Lipinski definition) is 1. The number of benzene rings is 1. The molecule has 1 heterocycles. The molecule has 0 saturated carbocycles. The summed E-state index contributed by atoms with van der Waals surface area (Å²) in [6, 6.07) is 6.00. The predicted molar refractivity (Wildman–Crippen MR) is 73.6 cm³/mol. The second kappa shape index (κ2) is 7.00. The Bertz CT molecular complexity index is 484. The summed E-state index contributed by atoms with van der Waals surface area (Å²) >= 11 is 0. The van der Waals surface area contributed by atoms with Crippen LogP contribution in [0.4, 0.5) is 5.69 Å². The largest absolute Gasteiger partial charge is 0.462 e. The summed E-state index contributed by atoms with van der Waals surface area (Å²) in [4.78, 5) is 21.9. The van der Waals surface area contributed by atoms with Gasteiger partial charge in [0.25, 0.3) is 5.69 Å². The van der Waals surface area contributed by atoms with Gasteiger partial charge in [-0.2, -0.15) is 0 Å². The van der Waals surface area contributed by atoms with Crippen molar-refractivity contribution in [3.63, 3.8) is 0 Å². The van der Waals surface area contributed by atoms with Crippen LogP contribution in [0.25, 0.3) is 0 Å². The molecule has 1 aromatic rings. The van der Waals surface area contributed by atoms with Crippen molar-refractivity contribution in [2.24, 2.45) is 0 Å². The molecule has 1 N–H and O–H groups in total. The van der Waals surface area contributed by atoms with E-state index in [1.165, 1.54) is 37.1 Å². The average molecular weight is 278 g/mol. The van der Waals surface area contributed by atoms with Crippen LogP contribution in [0.2, 0.25) is 0 Å². The molecule has 0 spiro atoms. The highest BCUT2D eigenvalue weighted by atomic mass is 16.6. The molecule has 1 aliphatic rings. The minimum atomic E-state index is -0.525. The van der Waals surface area contributed by atoms with Crippen molar-refractivity contribution >= 4 is 11.7 Å². The maximum absolute atomic E-state index is 11.8. The number of nitrogens with zero attached hydrogens (tertiary/aromatic N) is 1. The number of non-ortho nitro benzene ring substituents is 1. The summed E-state index contributed by atoms with van der Waals surface area (Å²) in [5.74, 6) is -0.510. The van der Waals surface area contributed by atoms with Crippen molar-refractivity contribution in [3.05, 3.63) is 39.9 Å². The lowest BCUT2D eigenvalue weighted by molar-refractivity contribution is -0.384. The zero-order chi connectivity index (χ0) is 14.4. The van der Waals surface area contributed by atoms with Gasteiger partial charge >= 0.3 is 5.97 Å². The fourth-order valence-electron chi connectivity index (χ4n) is 2.29. The summed E-state index contributed by atoms with van der Waals surface area (Å²) in [6.07, 6.45) is 4.29. The van der Waals surface area contributed by atoms with Crippen LogP contribution in [0.3, 0.4) is 0 Å². The highest BCUT2D eigenvalue weighted by molar-refractivity contribution is 5.90. The summed E-state index contributed by atoms with van der Waals surface area (Å²) in [5.41, 5.74) is 0.115. The second-order valence-electron chi connectivity index (χ2n) is 4.88. The Morgan fingerprint density at radius 2 is 2.30 bits per heavy atom. The Kier molecular flexibility index (Phi) is 5.06. The third-order valence-corrected chi connectivity index (χ3v) is 3.40. The van der Waals surface area contributed by atoms with E-state index in [1.54, 1.807) is 0 Å². The lowest BCUT2D eigenvalue weighted by Gasteiger charge is -2.23. The fourth-order valence-corrected chi connectivity index (χ4v) is 2.29. The molecule has 1 atom stereocenters. The maximum Gasteiger partial charge on any atom is 0.338 e. The maximum atomic E-state index is 11.8. The fraction of sp³-hybridized carbons (Fsp3) is 0.500. The lowest BCUT2D eigenvalue weighted by atomic mass is 10.0. The molecular formula is C14H18N2O4. The standard InChI is InChI=1S/C14H18N2O4/c17-14(11-4-3-6-13(10-11)16(18)19)20-9-7-12-5-1-2-8-15-12/h3-4,6,10,12,15H,1-2,5,7-9H2/t12-/m0/s1. The first-order chi connectivity index (χ1) is 9.66. The van der Waals surface area contributed by atoms with Gasteiger partial charge in [0.15, 0.2) is 0 Å². The van der Waals surface area contributed by atoms with Gasteiger partial charge in [-0.25, -0.2) is 4.79 Å². The van der Waals surface area contributed by atoms with Crippen molar-refractivity contribution in [2.75, 3.05) is 13.2 Å². The molecule has 20 heavy (non-hydrogen) atoms. The summed E-state index contributed by atoms with van der Waals surface area (Å²) in [7, 11) is 0. The molecule has 0 amide bonds. The molecule has 0 aliphatic carbocycles. The van der Waals surface area contributed by atoms with E-state index in [-0.39, 0.29) is 11.3 Å². The SMILES string of the molecule is O=C(OCC[C@@H]1CCCCN1)c1cccc([N+](=O)[O-])c1. The molecule has 1 fully saturated rings. The number of rotatable bonds is 5. The second-order valence-corrected chi connectivity index (χ2v) is 4.88. The van der Waals surface area contributed by atoms with E-state index >= 15 is 0 Å². The number of nitro groups is 1. The first kappa shape index (κ1) is 14.5.